The molecule has 0 radical (unpaired) electrons. The molecule has 2 unspecified atom stereocenters. The number of aryl methyl sites for hydroxylation is 1. The number of rotatable bonds is 5. The molecule has 2 heterocycles. The van der Waals surface area contributed by atoms with Gasteiger partial charge in [-0.25, -0.2) is 0 Å². The molecule has 2 amide bonds. The first-order valence-corrected chi connectivity index (χ1v) is 11.2. The van der Waals surface area contributed by atoms with E-state index in [2.05, 4.69) is 5.32 Å². The molecular weight excluding hydrogens is 426 g/mol. The number of piperidine rings is 1. The van der Waals surface area contributed by atoms with E-state index in [0.29, 0.717) is 17.7 Å². The van der Waals surface area contributed by atoms with Crippen LogP contribution in [0, 0.1) is 29.9 Å². The van der Waals surface area contributed by atoms with Gasteiger partial charge >= 0.3 is 0 Å². The Balaban J connectivity index is 1.70. The predicted octanol–water partition coefficient (Wildman–Crippen LogP) is 5.40. The van der Waals surface area contributed by atoms with E-state index in [9.17, 15) is 19.7 Å². The van der Waals surface area contributed by atoms with Crippen LogP contribution in [0.25, 0.3) is 0 Å². The molecule has 164 valence electrons. The summed E-state index contributed by atoms with van der Waals surface area (Å²) in [6, 6.07) is 15.7. The van der Waals surface area contributed by atoms with Gasteiger partial charge in [0.15, 0.2) is 0 Å². The molecule has 0 saturated carbocycles. The summed E-state index contributed by atoms with van der Waals surface area (Å²) in [6.45, 7) is 3.60. The Labute approximate surface area is 189 Å². The van der Waals surface area contributed by atoms with E-state index in [4.69, 9.17) is 0 Å². The number of hydrogen-bond acceptors (Lipinski definition) is 5. The second-order valence-corrected chi connectivity index (χ2v) is 8.88. The quantitative estimate of drug-likeness (QED) is 0.417. The van der Waals surface area contributed by atoms with Crippen LogP contribution < -0.4 is 10.2 Å². The van der Waals surface area contributed by atoms with E-state index in [1.54, 1.807) is 24.0 Å². The van der Waals surface area contributed by atoms with Gasteiger partial charge in [0.25, 0.3) is 5.69 Å². The third-order valence-corrected chi connectivity index (χ3v) is 6.78. The van der Waals surface area contributed by atoms with Crippen molar-refractivity contribution in [3.05, 3.63) is 86.1 Å². The number of carbonyl (C=O) groups is 2. The molecule has 7 nitrogen and oxygen atoms in total. The van der Waals surface area contributed by atoms with Gasteiger partial charge < -0.3 is 10.2 Å². The minimum absolute atomic E-state index is 0.0252. The Bertz CT molecular complexity index is 1160. The first-order valence-electron chi connectivity index (χ1n) is 10.3. The molecule has 0 spiro atoms. The van der Waals surface area contributed by atoms with Crippen molar-refractivity contribution in [3.63, 3.8) is 0 Å². The molecule has 4 rings (SSSR count). The van der Waals surface area contributed by atoms with Gasteiger partial charge in [-0.05, 0) is 49.9 Å². The summed E-state index contributed by atoms with van der Waals surface area (Å²) in [4.78, 5) is 39.9. The minimum atomic E-state index is -0.494. The molecule has 32 heavy (non-hydrogen) atoms. The molecule has 1 saturated heterocycles. The van der Waals surface area contributed by atoms with Crippen molar-refractivity contribution < 1.29 is 14.5 Å². The first kappa shape index (κ1) is 21.7. The zero-order valence-corrected chi connectivity index (χ0v) is 18.6. The standard InChI is InChI=1S/C24H23N3O4S/c1-15-8-10-17(11-9-15)26-22(28)13-12-18(23(26)21-7-4-14-32-21)24(29)25-19-5-3-6-20(16(19)2)27(30)31/h3-11,14,18,23H,12-13H2,1-2H3,(H,25,29). The maximum Gasteiger partial charge on any atom is 0.274 e. The lowest BCUT2D eigenvalue weighted by atomic mass is 9.86. The van der Waals surface area contributed by atoms with Crippen LogP contribution in [0.15, 0.2) is 60.0 Å². The molecule has 1 N–H and O–H groups in total. The number of anilines is 2. The van der Waals surface area contributed by atoms with Crippen molar-refractivity contribution in [1.82, 2.24) is 0 Å². The van der Waals surface area contributed by atoms with Crippen LogP contribution in [0.3, 0.4) is 0 Å². The van der Waals surface area contributed by atoms with Crippen molar-refractivity contribution in [3.8, 4) is 0 Å². The summed E-state index contributed by atoms with van der Waals surface area (Å²) in [5, 5.41) is 16.1. The molecule has 1 fully saturated rings. The van der Waals surface area contributed by atoms with Crippen LogP contribution in [0.4, 0.5) is 17.1 Å². The Kier molecular flexibility index (Phi) is 6.05. The minimum Gasteiger partial charge on any atom is -0.325 e. The summed E-state index contributed by atoms with van der Waals surface area (Å²) in [5.74, 6) is -0.772. The molecule has 8 heteroatoms. The molecule has 1 aliphatic heterocycles. The lowest BCUT2D eigenvalue weighted by Gasteiger charge is -2.40. The number of thiophene rings is 1. The largest absolute Gasteiger partial charge is 0.325 e. The highest BCUT2D eigenvalue weighted by Gasteiger charge is 2.42. The van der Waals surface area contributed by atoms with Gasteiger partial charge in [-0.2, -0.15) is 0 Å². The normalized spacial score (nSPS) is 18.4. The molecule has 0 aliphatic carbocycles. The second-order valence-electron chi connectivity index (χ2n) is 7.90. The fraction of sp³-hybridized carbons (Fsp3) is 0.250. The summed E-state index contributed by atoms with van der Waals surface area (Å²) in [5.41, 5.74) is 2.61. The summed E-state index contributed by atoms with van der Waals surface area (Å²) in [7, 11) is 0. The highest BCUT2D eigenvalue weighted by Crippen LogP contribution is 2.42. The zero-order valence-electron chi connectivity index (χ0n) is 17.8. The summed E-state index contributed by atoms with van der Waals surface area (Å²) in [6.07, 6.45) is 0.658. The summed E-state index contributed by atoms with van der Waals surface area (Å²) < 4.78 is 0. The molecule has 1 aromatic heterocycles. The number of nitrogens with one attached hydrogen (secondary N) is 1. The third kappa shape index (κ3) is 4.13. The average Bonchev–Trinajstić information content (AvgIpc) is 3.30. The van der Waals surface area contributed by atoms with Gasteiger partial charge in [0.05, 0.1) is 28.1 Å². The second kappa shape index (κ2) is 8.92. The molecule has 2 atom stereocenters. The highest BCUT2D eigenvalue weighted by molar-refractivity contribution is 7.10. The van der Waals surface area contributed by atoms with Crippen molar-refractivity contribution >= 4 is 40.2 Å². The van der Waals surface area contributed by atoms with Gasteiger partial charge in [-0.1, -0.05) is 29.8 Å². The Morgan fingerprint density at radius 1 is 1.12 bits per heavy atom. The van der Waals surface area contributed by atoms with Gasteiger partial charge in [-0.15, -0.1) is 11.3 Å². The fourth-order valence-corrected chi connectivity index (χ4v) is 5.02. The maximum absolute atomic E-state index is 13.4. The number of nitrogens with zero attached hydrogens (tertiary/aromatic N) is 2. The number of hydrogen-bond donors (Lipinski definition) is 1. The number of amides is 2. The molecule has 0 bridgehead atoms. The van der Waals surface area contributed by atoms with E-state index in [0.717, 1.165) is 16.1 Å². The average molecular weight is 450 g/mol. The maximum atomic E-state index is 13.4. The van der Waals surface area contributed by atoms with Gasteiger partial charge in [0.2, 0.25) is 11.8 Å². The lowest BCUT2D eigenvalue weighted by molar-refractivity contribution is -0.385. The number of nitro groups is 1. The SMILES string of the molecule is Cc1ccc(N2C(=O)CCC(C(=O)Nc3cccc([N+](=O)[O-])c3C)C2c2cccs2)cc1. The van der Waals surface area contributed by atoms with Crippen LogP contribution in [-0.4, -0.2) is 16.7 Å². The van der Waals surface area contributed by atoms with Gasteiger partial charge in [0, 0.05) is 23.1 Å². The van der Waals surface area contributed by atoms with Crippen LogP contribution in [-0.2, 0) is 9.59 Å². The van der Waals surface area contributed by atoms with Gasteiger partial charge in [-0.3, -0.25) is 19.7 Å². The van der Waals surface area contributed by atoms with E-state index in [1.807, 2.05) is 48.7 Å². The van der Waals surface area contributed by atoms with Crippen molar-refractivity contribution in [2.75, 3.05) is 10.2 Å². The van der Waals surface area contributed by atoms with Crippen LogP contribution in [0.5, 0.6) is 0 Å². The molecule has 1 aliphatic rings. The Morgan fingerprint density at radius 2 is 1.88 bits per heavy atom. The van der Waals surface area contributed by atoms with E-state index in [-0.39, 0.29) is 23.9 Å². The fourth-order valence-electron chi connectivity index (χ4n) is 4.14. The van der Waals surface area contributed by atoms with Crippen LogP contribution in [0.1, 0.15) is 34.9 Å². The highest BCUT2D eigenvalue weighted by atomic mass is 32.1. The van der Waals surface area contributed by atoms with Crippen LogP contribution >= 0.6 is 11.3 Å². The zero-order chi connectivity index (χ0) is 22.8. The number of nitro benzene ring substituents is 1. The molecular formula is C24H23N3O4S. The monoisotopic (exact) mass is 449 g/mol. The summed E-state index contributed by atoms with van der Waals surface area (Å²) >= 11 is 1.51. The Hall–Kier alpha value is -3.52. The van der Waals surface area contributed by atoms with E-state index >= 15 is 0 Å². The van der Waals surface area contributed by atoms with E-state index in [1.165, 1.54) is 17.4 Å². The number of carbonyl (C=O) groups excluding carboxylic acids is 2. The predicted molar refractivity (Wildman–Crippen MR) is 125 cm³/mol. The van der Waals surface area contributed by atoms with Crippen molar-refractivity contribution in [2.24, 2.45) is 5.92 Å². The van der Waals surface area contributed by atoms with Gasteiger partial charge in [0.1, 0.15) is 0 Å². The van der Waals surface area contributed by atoms with E-state index < -0.39 is 16.9 Å². The van der Waals surface area contributed by atoms with Crippen LogP contribution in [0.2, 0.25) is 0 Å². The third-order valence-electron chi connectivity index (χ3n) is 5.84. The number of benzene rings is 2. The molecule has 2 aromatic carbocycles. The lowest BCUT2D eigenvalue weighted by Crippen LogP contribution is -2.46. The Morgan fingerprint density at radius 3 is 2.53 bits per heavy atom. The smallest absolute Gasteiger partial charge is 0.274 e. The first-order chi connectivity index (χ1) is 15.4. The van der Waals surface area contributed by atoms with Crippen molar-refractivity contribution in [1.29, 1.82) is 0 Å². The topological polar surface area (TPSA) is 92.6 Å². The molecule has 3 aromatic rings. The van der Waals surface area contributed by atoms with Crippen molar-refractivity contribution in [2.45, 2.75) is 32.7 Å².